The van der Waals surface area contributed by atoms with Gasteiger partial charge in [-0.05, 0) is 42.0 Å². The largest absolute Gasteiger partial charge is 0.451 e. The van der Waals surface area contributed by atoms with Crippen molar-refractivity contribution in [1.82, 2.24) is 16.0 Å². The molecule has 0 saturated carbocycles. The molecule has 8 nitrogen and oxygen atoms in total. The Morgan fingerprint density at radius 1 is 0.886 bits per heavy atom. The smallest absolute Gasteiger partial charge is 0.287 e. The van der Waals surface area contributed by atoms with Gasteiger partial charge >= 0.3 is 0 Å². The number of hydrogen-bond donors (Lipinski definition) is 3. The van der Waals surface area contributed by atoms with Gasteiger partial charge in [0.1, 0.15) is 5.76 Å². The Kier molecular flexibility index (Phi) is 10.6. The van der Waals surface area contributed by atoms with Gasteiger partial charge in [-0.3, -0.25) is 14.4 Å². The Balaban J connectivity index is 0.00000137. The van der Waals surface area contributed by atoms with Gasteiger partial charge in [0, 0.05) is 44.5 Å². The number of rotatable bonds is 8. The van der Waals surface area contributed by atoms with Gasteiger partial charge in [0.15, 0.2) is 5.76 Å². The molecule has 0 bridgehead atoms. The van der Waals surface area contributed by atoms with Crippen molar-refractivity contribution in [2.24, 2.45) is 0 Å². The molecule has 0 aliphatic heterocycles. The second kappa shape index (κ2) is 13.6. The fourth-order valence-corrected chi connectivity index (χ4v) is 3.00. The first-order valence-electron chi connectivity index (χ1n) is 11.5. The summed E-state index contributed by atoms with van der Waals surface area (Å²) in [4.78, 5) is 37.9. The summed E-state index contributed by atoms with van der Waals surface area (Å²) in [5.41, 5.74) is 3.21. The molecular weight excluding hydrogens is 444 g/mol. The fourth-order valence-electron chi connectivity index (χ4n) is 3.00. The zero-order chi connectivity index (χ0) is 25.8. The molecule has 8 heteroatoms. The van der Waals surface area contributed by atoms with Crippen LogP contribution < -0.4 is 20.9 Å². The third-order valence-electron chi connectivity index (χ3n) is 4.81. The highest BCUT2D eigenvalue weighted by Gasteiger charge is 2.14. The molecular formula is C27H34N4O4. The van der Waals surface area contributed by atoms with Gasteiger partial charge in [0.25, 0.3) is 11.8 Å². The molecule has 0 spiro atoms. The summed E-state index contributed by atoms with van der Waals surface area (Å²) < 4.78 is 5.65. The summed E-state index contributed by atoms with van der Waals surface area (Å²) in [6.07, 6.45) is 1.25. The number of hydrogen-bond acceptors (Lipinski definition) is 5. The Hall–Kier alpha value is -4.07. The summed E-state index contributed by atoms with van der Waals surface area (Å²) in [6, 6.07) is 18.2. The van der Waals surface area contributed by atoms with Gasteiger partial charge < -0.3 is 25.3 Å². The highest BCUT2D eigenvalue weighted by molar-refractivity contribution is 5.95. The van der Waals surface area contributed by atoms with E-state index in [2.05, 4.69) is 29.8 Å². The maximum absolute atomic E-state index is 12.5. The first-order valence-corrected chi connectivity index (χ1v) is 11.5. The van der Waals surface area contributed by atoms with E-state index >= 15 is 0 Å². The lowest BCUT2D eigenvalue weighted by Crippen LogP contribution is -2.34. The molecule has 1 aromatic heterocycles. The van der Waals surface area contributed by atoms with Crippen LogP contribution in [0.2, 0.25) is 0 Å². The summed E-state index contributed by atoms with van der Waals surface area (Å²) in [6.45, 7) is 4.47. The molecule has 2 aromatic carbocycles. The summed E-state index contributed by atoms with van der Waals surface area (Å²) in [5.74, 6) is -0.297. The second-order valence-electron chi connectivity index (χ2n) is 8.05. The first-order chi connectivity index (χ1) is 16.8. The third kappa shape index (κ3) is 8.33. The Labute approximate surface area is 206 Å². The lowest BCUT2D eigenvalue weighted by atomic mass is 10.1. The molecule has 0 atom stereocenters. The molecule has 1 heterocycles. The van der Waals surface area contributed by atoms with Gasteiger partial charge in [-0.1, -0.05) is 44.5 Å². The SMILES string of the molecule is CCC.CNC(=O)CNC(=O)c1ccc(-c2cccc(CNC(=O)c3cccc(N(C)C)c3)c2)o1. The predicted octanol–water partition coefficient (Wildman–Crippen LogP) is 3.83. The van der Waals surface area contributed by atoms with Crippen molar-refractivity contribution < 1.29 is 18.8 Å². The van der Waals surface area contributed by atoms with Crippen molar-refractivity contribution in [3.63, 3.8) is 0 Å². The average Bonchev–Trinajstić information content (AvgIpc) is 3.37. The van der Waals surface area contributed by atoms with Crippen molar-refractivity contribution in [2.45, 2.75) is 26.8 Å². The minimum absolute atomic E-state index is 0.114. The number of likely N-dealkylation sites (N-methyl/N-ethyl adjacent to an activating group) is 1. The van der Waals surface area contributed by atoms with E-state index in [1.807, 2.05) is 61.5 Å². The van der Waals surface area contributed by atoms with Crippen LogP contribution in [0, 0.1) is 0 Å². The molecule has 0 unspecified atom stereocenters. The number of furan rings is 1. The lowest BCUT2D eigenvalue weighted by Gasteiger charge is -2.13. The Morgan fingerprint density at radius 3 is 2.29 bits per heavy atom. The highest BCUT2D eigenvalue weighted by Crippen LogP contribution is 2.23. The van der Waals surface area contributed by atoms with Crippen molar-refractivity contribution in [3.8, 4) is 11.3 Å². The molecule has 3 aromatic rings. The maximum Gasteiger partial charge on any atom is 0.287 e. The van der Waals surface area contributed by atoms with Crippen LogP contribution >= 0.6 is 0 Å². The molecule has 0 fully saturated rings. The van der Waals surface area contributed by atoms with Crippen molar-refractivity contribution >= 4 is 23.4 Å². The van der Waals surface area contributed by atoms with Crippen molar-refractivity contribution in [1.29, 1.82) is 0 Å². The Morgan fingerprint density at radius 2 is 1.60 bits per heavy atom. The van der Waals surface area contributed by atoms with Crippen LogP contribution in [0.4, 0.5) is 5.69 Å². The summed E-state index contributed by atoms with van der Waals surface area (Å²) in [7, 11) is 5.35. The monoisotopic (exact) mass is 478 g/mol. The predicted molar refractivity (Wildman–Crippen MR) is 138 cm³/mol. The number of amides is 3. The van der Waals surface area contributed by atoms with E-state index in [0.29, 0.717) is 17.9 Å². The molecule has 0 aliphatic rings. The number of carbonyl (C=O) groups excluding carboxylic acids is 3. The second-order valence-corrected chi connectivity index (χ2v) is 8.05. The molecule has 3 amide bonds. The van der Waals surface area contributed by atoms with Crippen LogP contribution in [0.1, 0.15) is 46.7 Å². The van der Waals surface area contributed by atoms with E-state index in [0.717, 1.165) is 16.8 Å². The van der Waals surface area contributed by atoms with E-state index in [1.165, 1.54) is 13.5 Å². The van der Waals surface area contributed by atoms with Gasteiger partial charge in [0.05, 0.1) is 6.54 Å². The normalized spacial score (nSPS) is 9.97. The average molecular weight is 479 g/mol. The van der Waals surface area contributed by atoms with Gasteiger partial charge in [-0.15, -0.1) is 0 Å². The summed E-state index contributed by atoms with van der Waals surface area (Å²) in [5, 5.41) is 7.85. The van der Waals surface area contributed by atoms with Crippen LogP contribution in [0.25, 0.3) is 11.3 Å². The maximum atomic E-state index is 12.5. The molecule has 0 radical (unpaired) electrons. The topological polar surface area (TPSA) is 104 Å². The molecule has 0 aliphatic carbocycles. The summed E-state index contributed by atoms with van der Waals surface area (Å²) >= 11 is 0. The number of nitrogens with zero attached hydrogens (tertiary/aromatic N) is 1. The van der Waals surface area contributed by atoms with E-state index in [1.54, 1.807) is 18.2 Å². The van der Waals surface area contributed by atoms with E-state index in [-0.39, 0.29) is 24.1 Å². The third-order valence-corrected chi connectivity index (χ3v) is 4.81. The van der Waals surface area contributed by atoms with Crippen LogP contribution in [0.3, 0.4) is 0 Å². The van der Waals surface area contributed by atoms with E-state index in [4.69, 9.17) is 4.42 Å². The zero-order valence-electron chi connectivity index (χ0n) is 21.0. The van der Waals surface area contributed by atoms with Gasteiger partial charge in [0.2, 0.25) is 5.91 Å². The van der Waals surface area contributed by atoms with Gasteiger partial charge in [-0.2, -0.15) is 0 Å². The lowest BCUT2D eigenvalue weighted by molar-refractivity contribution is -0.119. The van der Waals surface area contributed by atoms with Crippen LogP contribution in [0.5, 0.6) is 0 Å². The quantitative estimate of drug-likeness (QED) is 0.457. The van der Waals surface area contributed by atoms with Gasteiger partial charge in [-0.25, -0.2) is 0 Å². The number of carbonyl (C=O) groups is 3. The molecule has 186 valence electrons. The van der Waals surface area contributed by atoms with Crippen LogP contribution in [-0.4, -0.2) is 45.4 Å². The standard InChI is InChI=1S/C24H26N4O4.C3H8/c1-25-22(29)15-27-24(31)21-11-10-20(32-21)17-7-4-6-16(12-17)14-26-23(30)18-8-5-9-19(13-18)28(2)3;1-3-2/h4-13H,14-15H2,1-3H3,(H,25,29)(H,26,30)(H,27,31);3H2,1-2H3. The molecule has 35 heavy (non-hydrogen) atoms. The first kappa shape index (κ1) is 27.2. The minimum atomic E-state index is -0.469. The van der Waals surface area contributed by atoms with Crippen LogP contribution in [0.15, 0.2) is 65.1 Å². The van der Waals surface area contributed by atoms with Crippen LogP contribution in [-0.2, 0) is 11.3 Å². The Bertz CT molecular complexity index is 1140. The fraction of sp³-hybridized carbons (Fsp3) is 0.296. The van der Waals surface area contributed by atoms with E-state index in [9.17, 15) is 14.4 Å². The molecule has 3 N–H and O–H groups in total. The number of benzene rings is 2. The molecule has 3 rings (SSSR count). The minimum Gasteiger partial charge on any atom is -0.451 e. The van der Waals surface area contributed by atoms with E-state index < -0.39 is 5.91 Å². The number of nitrogens with one attached hydrogen (secondary N) is 3. The van der Waals surface area contributed by atoms with Crippen molar-refractivity contribution in [2.75, 3.05) is 32.6 Å². The number of anilines is 1. The van der Waals surface area contributed by atoms with Crippen molar-refractivity contribution in [3.05, 3.63) is 77.6 Å². The molecule has 0 saturated heterocycles. The highest BCUT2D eigenvalue weighted by atomic mass is 16.3. The zero-order valence-corrected chi connectivity index (χ0v) is 21.0.